The van der Waals surface area contributed by atoms with Crippen molar-refractivity contribution in [3.8, 4) is 0 Å². The molecular formula is C12H16O3S. The summed E-state index contributed by atoms with van der Waals surface area (Å²) in [5, 5.41) is -0.228. The Bertz CT molecular complexity index is 401. The fraction of sp³-hybridized carbons (Fsp3) is 0.417. The second-order valence-electron chi connectivity index (χ2n) is 3.70. The molecule has 0 spiro atoms. The number of carbonyl (C=O) groups is 1. The Morgan fingerprint density at radius 2 is 2.19 bits per heavy atom. The maximum atomic E-state index is 12.1. The maximum Gasteiger partial charge on any atom is 0.306 e. The lowest BCUT2D eigenvalue weighted by atomic mass is 10.2. The molecule has 1 rings (SSSR count). The molecule has 0 aliphatic heterocycles. The zero-order valence-electron chi connectivity index (χ0n) is 9.73. The molecule has 3 nitrogen and oxygen atoms in total. The number of hydrogen-bond donors (Lipinski definition) is 0. The summed E-state index contributed by atoms with van der Waals surface area (Å²) in [5.41, 5.74) is 1.07. The molecule has 0 N–H and O–H groups in total. The van der Waals surface area contributed by atoms with Crippen LogP contribution in [0.15, 0.2) is 29.2 Å². The first-order valence-corrected chi connectivity index (χ1v) is 6.30. The highest BCUT2D eigenvalue weighted by Crippen LogP contribution is 2.15. The van der Waals surface area contributed by atoms with Crippen LogP contribution in [-0.2, 0) is 20.3 Å². The lowest BCUT2D eigenvalue weighted by molar-refractivity contribution is -0.140. The van der Waals surface area contributed by atoms with Crippen LogP contribution in [0, 0.1) is 6.92 Å². The molecule has 1 aromatic carbocycles. The number of carbonyl (C=O) groups excluding carboxylic acids is 1. The minimum absolute atomic E-state index is 0.178. The second-order valence-corrected chi connectivity index (χ2v) is 5.58. The van der Waals surface area contributed by atoms with E-state index in [1.54, 1.807) is 6.92 Å². The van der Waals surface area contributed by atoms with Gasteiger partial charge in [0, 0.05) is 10.1 Å². The topological polar surface area (TPSA) is 43.4 Å². The molecule has 2 atom stereocenters. The summed E-state index contributed by atoms with van der Waals surface area (Å²) in [7, 11) is 0.176. The lowest BCUT2D eigenvalue weighted by Crippen LogP contribution is -2.17. The molecule has 16 heavy (non-hydrogen) atoms. The van der Waals surface area contributed by atoms with Crippen molar-refractivity contribution < 1.29 is 13.7 Å². The Morgan fingerprint density at radius 1 is 1.50 bits per heavy atom. The molecule has 0 saturated carbocycles. The number of ether oxygens (including phenoxy) is 1. The standard InChI is InChI=1S/C12H16O3S/c1-9-5-4-6-11(7-9)16(14)10(2)8-12(13)15-3/h4-7,10H,8H2,1-3H3. The minimum atomic E-state index is -1.16. The average Bonchev–Trinajstić information content (AvgIpc) is 2.27. The normalized spacial score (nSPS) is 14.2. The van der Waals surface area contributed by atoms with Crippen LogP contribution in [0.25, 0.3) is 0 Å². The highest BCUT2D eigenvalue weighted by Gasteiger charge is 2.17. The van der Waals surface area contributed by atoms with Crippen LogP contribution in [0.4, 0.5) is 0 Å². The van der Waals surface area contributed by atoms with Crippen molar-refractivity contribution in [2.24, 2.45) is 0 Å². The van der Waals surface area contributed by atoms with Gasteiger partial charge in [0.05, 0.1) is 24.3 Å². The minimum Gasteiger partial charge on any atom is -0.469 e. The molecule has 0 saturated heterocycles. The lowest BCUT2D eigenvalue weighted by Gasteiger charge is -2.10. The zero-order valence-corrected chi connectivity index (χ0v) is 10.5. The van der Waals surface area contributed by atoms with E-state index in [9.17, 15) is 9.00 Å². The summed E-state index contributed by atoms with van der Waals surface area (Å²) >= 11 is 0. The zero-order chi connectivity index (χ0) is 12.1. The largest absolute Gasteiger partial charge is 0.469 e. The predicted molar refractivity (Wildman–Crippen MR) is 63.7 cm³/mol. The van der Waals surface area contributed by atoms with Gasteiger partial charge in [0.25, 0.3) is 0 Å². The molecule has 0 fully saturated rings. The van der Waals surface area contributed by atoms with Crippen LogP contribution >= 0.6 is 0 Å². The Labute approximate surface area is 98.3 Å². The first-order chi connectivity index (χ1) is 7.54. The van der Waals surface area contributed by atoms with Crippen molar-refractivity contribution in [2.45, 2.75) is 30.4 Å². The Morgan fingerprint density at radius 3 is 2.75 bits per heavy atom. The third kappa shape index (κ3) is 3.45. The Hall–Kier alpha value is -1.16. The van der Waals surface area contributed by atoms with Crippen molar-refractivity contribution in [1.29, 1.82) is 0 Å². The van der Waals surface area contributed by atoms with Gasteiger partial charge >= 0.3 is 5.97 Å². The molecule has 2 unspecified atom stereocenters. The Kier molecular flexibility index (Phi) is 4.68. The van der Waals surface area contributed by atoms with Gasteiger partial charge in [0.15, 0.2) is 0 Å². The van der Waals surface area contributed by atoms with E-state index in [0.29, 0.717) is 0 Å². The molecule has 0 bridgehead atoms. The molecule has 0 aromatic heterocycles. The van der Waals surface area contributed by atoms with E-state index in [0.717, 1.165) is 10.5 Å². The molecule has 0 radical (unpaired) electrons. The number of methoxy groups -OCH3 is 1. The van der Waals surface area contributed by atoms with Gasteiger partial charge in [0.1, 0.15) is 0 Å². The first-order valence-electron chi connectivity index (χ1n) is 5.08. The SMILES string of the molecule is COC(=O)CC(C)S(=O)c1cccc(C)c1. The van der Waals surface area contributed by atoms with E-state index < -0.39 is 10.8 Å². The van der Waals surface area contributed by atoms with Gasteiger partial charge in [-0.3, -0.25) is 9.00 Å². The van der Waals surface area contributed by atoms with Gasteiger partial charge in [-0.15, -0.1) is 0 Å². The second kappa shape index (κ2) is 5.80. The van der Waals surface area contributed by atoms with Crippen LogP contribution < -0.4 is 0 Å². The van der Waals surface area contributed by atoms with Crippen molar-refractivity contribution >= 4 is 16.8 Å². The van der Waals surface area contributed by atoms with Crippen LogP contribution in [0.5, 0.6) is 0 Å². The summed E-state index contributed by atoms with van der Waals surface area (Å²) in [6.45, 7) is 3.74. The van der Waals surface area contributed by atoms with E-state index >= 15 is 0 Å². The smallest absolute Gasteiger partial charge is 0.306 e. The summed E-state index contributed by atoms with van der Waals surface area (Å²) < 4.78 is 16.6. The maximum absolute atomic E-state index is 12.1. The van der Waals surface area contributed by atoms with Crippen molar-refractivity contribution in [1.82, 2.24) is 0 Å². The summed E-state index contributed by atoms with van der Waals surface area (Å²) in [4.78, 5) is 11.8. The summed E-state index contributed by atoms with van der Waals surface area (Å²) in [6.07, 6.45) is 0.178. The number of rotatable bonds is 4. The highest BCUT2D eigenvalue weighted by atomic mass is 32.2. The van der Waals surface area contributed by atoms with E-state index in [4.69, 9.17) is 0 Å². The molecule has 1 aromatic rings. The van der Waals surface area contributed by atoms with Gasteiger partial charge in [0.2, 0.25) is 0 Å². The van der Waals surface area contributed by atoms with Gasteiger partial charge in [-0.05, 0) is 31.5 Å². The molecule has 0 heterocycles. The van der Waals surface area contributed by atoms with Crippen molar-refractivity contribution in [2.75, 3.05) is 7.11 Å². The third-order valence-corrected chi connectivity index (χ3v) is 3.89. The fourth-order valence-corrected chi connectivity index (χ4v) is 2.63. The highest BCUT2D eigenvalue weighted by molar-refractivity contribution is 7.85. The van der Waals surface area contributed by atoms with E-state index in [1.165, 1.54) is 7.11 Å². The first kappa shape index (κ1) is 12.9. The molecule has 0 amide bonds. The number of esters is 1. The molecular weight excluding hydrogens is 224 g/mol. The van der Waals surface area contributed by atoms with Crippen molar-refractivity contribution in [3.63, 3.8) is 0 Å². The average molecular weight is 240 g/mol. The summed E-state index contributed by atoms with van der Waals surface area (Å²) in [5.74, 6) is -0.325. The third-order valence-electron chi connectivity index (χ3n) is 2.27. The molecule has 0 aliphatic rings. The number of hydrogen-bond acceptors (Lipinski definition) is 3. The molecule has 4 heteroatoms. The Balaban J connectivity index is 2.74. The quantitative estimate of drug-likeness (QED) is 0.757. The predicted octanol–water partition coefficient (Wildman–Crippen LogP) is 2.05. The van der Waals surface area contributed by atoms with E-state index in [-0.39, 0.29) is 17.6 Å². The monoisotopic (exact) mass is 240 g/mol. The van der Waals surface area contributed by atoms with E-state index in [1.807, 2.05) is 31.2 Å². The molecule has 88 valence electrons. The van der Waals surface area contributed by atoms with Crippen LogP contribution in [0.3, 0.4) is 0 Å². The van der Waals surface area contributed by atoms with Gasteiger partial charge in [-0.2, -0.15) is 0 Å². The van der Waals surface area contributed by atoms with Crippen LogP contribution in [0.2, 0.25) is 0 Å². The van der Waals surface area contributed by atoms with Crippen LogP contribution in [0.1, 0.15) is 18.9 Å². The van der Waals surface area contributed by atoms with Gasteiger partial charge in [-0.25, -0.2) is 0 Å². The van der Waals surface area contributed by atoms with Crippen LogP contribution in [-0.4, -0.2) is 22.5 Å². The number of aryl methyl sites for hydroxylation is 1. The van der Waals surface area contributed by atoms with Gasteiger partial charge in [-0.1, -0.05) is 12.1 Å². The van der Waals surface area contributed by atoms with Gasteiger partial charge < -0.3 is 4.74 Å². The molecule has 0 aliphatic carbocycles. The fourth-order valence-electron chi connectivity index (χ4n) is 1.37. The van der Waals surface area contributed by atoms with Crippen molar-refractivity contribution in [3.05, 3.63) is 29.8 Å². The summed E-state index contributed by atoms with van der Waals surface area (Å²) in [6, 6.07) is 7.51. The number of benzene rings is 1. The van der Waals surface area contributed by atoms with E-state index in [2.05, 4.69) is 4.74 Å².